The number of anilines is 1. The Bertz CT molecular complexity index is 402. The largest absolute Gasteiger partial charge is 0.381 e. The summed E-state index contributed by atoms with van der Waals surface area (Å²) in [5.41, 5.74) is 6.12. The zero-order chi connectivity index (χ0) is 13.6. The van der Waals surface area contributed by atoms with Gasteiger partial charge in [0.2, 0.25) is 5.91 Å². The zero-order valence-corrected chi connectivity index (χ0v) is 10.9. The average Bonchev–Trinajstić information content (AvgIpc) is 2.47. The molecule has 0 aliphatic carbocycles. The van der Waals surface area contributed by atoms with Crippen molar-refractivity contribution in [2.75, 3.05) is 31.7 Å². The van der Waals surface area contributed by atoms with Gasteiger partial charge in [-0.3, -0.25) is 4.79 Å². The number of benzene rings is 1. The van der Waals surface area contributed by atoms with Gasteiger partial charge in [-0.2, -0.15) is 0 Å². The Kier molecular flexibility index (Phi) is 4.90. The van der Waals surface area contributed by atoms with E-state index in [2.05, 4.69) is 5.32 Å². The monoisotopic (exact) mass is 264 g/mol. The lowest BCUT2D eigenvalue weighted by Crippen LogP contribution is -2.46. The van der Waals surface area contributed by atoms with E-state index in [4.69, 9.17) is 15.2 Å². The third-order valence-electron chi connectivity index (χ3n) is 3.34. The van der Waals surface area contributed by atoms with E-state index >= 15 is 0 Å². The smallest absolute Gasteiger partial charge is 0.250 e. The van der Waals surface area contributed by atoms with Crippen molar-refractivity contribution >= 4 is 11.6 Å². The zero-order valence-electron chi connectivity index (χ0n) is 10.9. The van der Waals surface area contributed by atoms with Gasteiger partial charge >= 0.3 is 0 Å². The van der Waals surface area contributed by atoms with Gasteiger partial charge in [0.1, 0.15) is 6.61 Å². The van der Waals surface area contributed by atoms with Crippen molar-refractivity contribution in [1.29, 1.82) is 0 Å². The summed E-state index contributed by atoms with van der Waals surface area (Å²) in [6, 6.07) is 9.32. The van der Waals surface area contributed by atoms with Gasteiger partial charge in [0.25, 0.3) is 0 Å². The van der Waals surface area contributed by atoms with Crippen molar-refractivity contribution in [3.8, 4) is 0 Å². The highest BCUT2D eigenvalue weighted by Crippen LogP contribution is 2.23. The van der Waals surface area contributed by atoms with E-state index in [1.807, 2.05) is 30.3 Å². The van der Waals surface area contributed by atoms with Gasteiger partial charge in [-0.15, -0.1) is 0 Å². The Morgan fingerprint density at radius 3 is 2.63 bits per heavy atom. The molecule has 1 aromatic rings. The second kappa shape index (κ2) is 6.65. The van der Waals surface area contributed by atoms with Crippen LogP contribution in [0.5, 0.6) is 0 Å². The van der Waals surface area contributed by atoms with Gasteiger partial charge in [0, 0.05) is 38.3 Å². The number of hydrogen-bond donors (Lipinski definition) is 2. The first-order valence-corrected chi connectivity index (χ1v) is 6.51. The molecule has 1 fully saturated rings. The predicted molar refractivity (Wildman–Crippen MR) is 72.9 cm³/mol. The normalized spacial score (nSPS) is 17.9. The highest BCUT2D eigenvalue weighted by Gasteiger charge is 2.32. The fourth-order valence-electron chi connectivity index (χ4n) is 2.09. The second-order valence-electron chi connectivity index (χ2n) is 4.70. The molecule has 0 radical (unpaired) electrons. The van der Waals surface area contributed by atoms with Crippen LogP contribution >= 0.6 is 0 Å². The standard InChI is InChI=1S/C14H20N2O3/c15-11-14(6-8-18-9-7-14)19-10-13(17)16-12-4-2-1-3-5-12/h1-5H,6-11,15H2,(H,16,17). The molecule has 1 aliphatic heterocycles. The van der Waals surface area contributed by atoms with Crippen molar-refractivity contribution in [2.45, 2.75) is 18.4 Å². The van der Waals surface area contributed by atoms with Crippen LogP contribution in [0, 0.1) is 0 Å². The SMILES string of the molecule is NCC1(OCC(=O)Nc2ccccc2)CCOCC1. The molecule has 0 bridgehead atoms. The second-order valence-corrected chi connectivity index (χ2v) is 4.70. The number of hydrogen-bond acceptors (Lipinski definition) is 4. The molecule has 0 unspecified atom stereocenters. The Balaban J connectivity index is 1.82. The minimum atomic E-state index is -0.410. The molecule has 2 rings (SSSR count). The molecular formula is C14H20N2O3. The molecule has 5 heteroatoms. The predicted octanol–water partition coefficient (Wildman–Crippen LogP) is 1.15. The number of rotatable bonds is 5. The molecule has 1 heterocycles. The van der Waals surface area contributed by atoms with Crippen LogP contribution in [0.15, 0.2) is 30.3 Å². The minimum Gasteiger partial charge on any atom is -0.381 e. The van der Waals surface area contributed by atoms with Crippen LogP contribution in [-0.2, 0) is 14.3 Å². The van der Waals surface area contributed by atoms with Gasteiger partial charge in [0.15, 0.2) is 0 Å². The van der Waals surface area contributed by atoms with Gasteiger partial charge in [-0.05, 0) is 12.1 Å². The van der Waals surface area contributed by atoms with Crippen molar-refractivity contribution in [2.24, 2.45) is 5.73 Å². The number of ether oxygens (including phenoxy) is 2. The minimum absolute atomic E-state index is 0.0199. The summed E-state index contributed by atoms with van der Waals surface area (Å²) in [6.45, 7) is 1.70. The number of nitrogens with two attached hydrogens (primary N) is 1. The number of amides is 1. The summed E-state index contributed by atoms with van der Waals surface area (Å²) >= 11 is 0. The van der Waals surface area contributed by atoms with Crippen molar-refractivity contribution in [1.82, 2.24) is 0 Å². The molecule has 1 aromatic carbocycles. The summed E-state index contributed by atoms with van der Waals surface area (Å²) in [4.78, 5) is 11.8. The fourth-order valence-corrected chi connectivity index (χ4v) is 2.09. The molecule has 19 heavy (non-hydrogen) atoms. The molecule has 0 spiro atoms. The first kappa shape index (κ1) is 14.0. The van der Waals surface area contributed by atoms with E-state index in [0.717, 1.165) is 18.5 Å². The van der Waals surface area contributed by atoms with Crippen LogP contribution in [0.25, 0.3) is 0 Å². The first-order chi connectivity index (χ1) is 9.24. The van der Waals surface area contributed by atoms with E-state index in [1.54, 1.807) is 0 Å². The summed E-state index contributed by atoms with van der Waals surface area (Å²) in [7, 11) is 0. The summed E-state index contributed by atoms with van der Waals surface area (Å²) < 4.78 is 11.0. The topological polar surface area (TPSA) is 73.6 Å². The molecule has 0 atom stereocenters. The Hall–Kier alpha value is -1.43. The molecule has 1 saturated heterocycles. The number of para-hydroxylation sites is 1. The van der Waals surface area contributed by atoms with Crippen LogP contribution in [0.1, 0.15) is 12.8 Å². The van der Waals surface area contributed by atoms with Crippen LogP contribution in [-0.4, -0.2) is 37.9 Å². The van der Waals surface area contributed by atoms with E-state index in [-0.39, 0.29) is 12.5 Å². The van der Waals surface area contributed by atoms with E-state index in [9.17, 15) is 4.79 Å². The first-order valence-electron chi connectivity index (χ1n) is 6.51. The molecule has 0 saturated carbocycles. The summed E-state index contributed by atoms with van der Waals surface area (Å²) in [5, 5.41) is 2.79. The lowest BCUT2D eigenvalue weighted by atomic mass is 9.94. The lowest BCUT2D eigenvalue weighted by molar-refractivity contribution is -0.137. The van der Waals surface area contributed by atoms with Crippen molar-refractivity contribution < 1.29 is 14.3 Å². The Morgan fingerprint density at radius 1 is 1.32 bits per heavy atom. The molecule has 104 valence electrons. The third kappa shape index (κ3) is 4.02. The van der Waals surface area contributed by atoms with Gasteiger partial charge in [0.05, 0.1) is 5.60 Å². The molecule has 3 N–H and O–H groups in total. The Labute approximate surface area is 113 Å². The van der Waals surface area contributed by atoms with Crippen LogP contribution in [0.2, 0.25) is 0 Å². The van der Waals surface area contributed by atoms with Gasteiger partial charge < -0.3 is 20.5 Å². The molecule has 1 aliphatic rings. The van der Waals surface area contributed by atoms with Crippen molar-refractivity contribution in [3.05, 3.63) is 30.3 Å². The maximum Gasteiger partial charge on any atom is 0.250 e. The van der Waals surface area contributed by atoms with E-state index < -0.39 is 5.60 Å². The molecular weight excluding hydrogens is 244 g/mol. The number of nitrogens with one attached hydrogen (secondary N) is 1. The molecule has 1 amide bonds. The van der Waals surface area contributed by atoms with Gasteiger partial charge in [-0.1, -0.05) is 18.2 Å². The highest BCUT2D eigenvalue weighted by molar-refractivity contribution is 5.91. The molecule has 5 nitrogen and oxygen atoms in total. The summed E-state index contributed by atoms with van der Waals surface area (Å²) in [5.74, 6) is -0.162. The number of carbonyl (C=O) groups is 1. The maximum atomic E-state index is 11.8. The van der Waals surface area contributed by atoms with Crippen molar-refractivity contribution in [3.63, 3.8) is 0 Å². The summed E-state index contributed by atoms with van der Waals surface area (Å²) in [6.07, 6.45) is 1.48. The van der Waals surface area contributed by atoms with E-state index in [1.165, 1.54) is 0 Å². The maximum absolute atomic E-state index is 11.8. The fraction of sp³-hybridized carbons (Fsp3) is 0.500. The van der Waals surface area contributed by atoms with E-state index in [0.29, 0.717) is 19.8 Å². The highest BCUT2D eigenvalue weighted by atomic mass is 16.5. The molecule has 0 aromatic heterocycles. The number of carbonyl (C=O) groups excluding carboxylic acids is 1. The van der Waals surface area contributed by atoms with Crippen LogP contribution in [0.4, 0.5) is 5.69 Å². The van der Waals surface area contributed by atoms with Crippen LogP contribution in [0.3, 0.4) is 0 Å². The average molecular weight is 264 g/mol. The third-order valence-corrected chi connectivity index (χ3v) is 3.34. The van der Waals surface area contributed by atoms with Crippen LogP contribution < -0.4 is 11.1 Å². The Morgan fingerprint density at radius 2 is 2.00 bits per heavy atom. The quantitative estimate of drug-likeness (QED) is 0.836. The van der Waals surface area contributed by atoms with Gasteiger partial charge in [-0.25, -0.2) is 0 Å². The lowest BCUT2D eigenvalue weighted by Gasteiger charge is -2.35.